The number of benzene rings is 3. The molecule has 0 bridgehead atoms. The second-order valence-electron chi connectivity index (χ2n) is 6.66. The van der Waals surface area contributed by atoms with Crippen molar-refractivity contribution >= 4 is 28.1 Å². The van der Waals surface area contributed by atoms with Gasteiger partial charge in [0.05, 0.1) is 11.5 Å². The Morgan fingerprint density at radius 1 is 1.07 bits per heavy atom. The number of nitro benzene ring substituents is 1. The van der Waals surface area contributed by atoms with Crippen molar-refractivity contribution in [1.29, 1.82) is 0 Å². The molecule has 6 nitrogen and oxygen atoms in total. The largest absolute Gasteiger partial charge is 0.325 e. The molecular formula is C21H21N3O3. The summed E-state index contributed by atoms with van der Waals surface area (Å²) < 4.78 is 0. The van der Waals surface area contributed by atoms with E-state index in [4.69, 9.17) is 0 Å². The lowest BCUT2D eigenvalue weighted by Gasteiger charge is -2.17. The number of nitrogens with zero attached hydrogens (tertiary/aromatic N) is 2. The molecule has 6 heteroatoms. The maximum Gasteiger partial charge on any atom is 0.274 e. The molecule has 1 amide bonds. The number of hydrogen-bond acceptors (Lipinski definition) is 4. The monoisotopic (exact) mass is 363 g/mol. The summed E-state index contributed by atoms with van der Waals surface area (Å²) >= 11 is 0. The minimum absolute atomic E-state index is 0.00248. The third-order valence-corrected chi connectivity index (χ3v) is 4.37. The molecule has 0 aliphatic carbocycles. The number of carbonyl (C=O) groups excluding carboxylic acids is 1. The maximum absolute atomic E-state index is 12.3. The van der Waals surface area contributed by atoms with Crippen LogP contribution in [-0.4, -0.2) is 29.3 Å². The molecule has 0 saturated heterocycles. The zero-order valence-corrected chi connectivity index (χ0v) is 15.3. The average molecular weight is 363 g/mol. The van der Waals surface area contributed by atoms with Gasteiger partial charge in [0.1, 0.15) is 0 Å². The van der Waals surface area contributed by atoms with Crippen LogP contribution in [0, 0.1) is 17.0 Å². The third kappa shape index (κ3) is 4.68. The van der Waals surface area contributed by atoms with Gasteiger partial charge in [-0.05, 0) is 42.4 Å². The van der Waals surface area contributed by atoms with Crippen LogP contribution in [-0.2, 0) is 11.3 Å². The summed E-state index contributed by atoms with van der Waals surface area (Å²) in [4.78, 5) is 24.7. The first kappa shape index (κ1) is 18.5. The average Bonchev–Trinajstić information content (AvgIpc) is 2.62. The summed E-state index contributed by atoms with van der Waals surface area (Å²) in [5.74, 6) is -0.212. The van der Waals surface area contributed by atoms with Crippen LogP contribution in [0.2, 0.25) is 0 Å². The number of aryl methyl sites for hydroxylation is 1. The standard InChI is InChI=1S/C21H21N3O3/c1-15-7-10-19(12-20(15)24(26)27)22-21(25)14-23(2)13-16-8-9-17-5-3-4-6-18(17)11-16/h3-12H,13-14H2,1-2H3,(H,22,25). The maximum atomic E-state index is 12.3. The Bertz CT molecular complexity index is 1000. The molecule has 0 aliphatic heterocycles. The normalized spacial score (nSPS) is 10.9. The fourth-order valence-corrected chi connectivity index (χ4v) is 3.03. The molecule has 0 unspecified atom stereocenters. The van der Waals surface area contributed by atoms with Gasteiger partial charge >= 0.3 is 0 Å². The summed E-state index contributed by atoms with van der Waals surface area (Å²) in [6.45, 7) is 2.49. The molecule has 0 atom stereocenters. The number of anilines is 1. The van der Waals surface area contributed by atoms with Gasteiger partial charge in [0, 0.05) is 23.9 Å². The van der Waals surface area contributed by atoms with E-state index in [9.17, 15) is 14.9 Å². The SMILES string of the molecule is Cc1ccc(NC(=O)CN(C)Cc2ccc3ccccc3c2)cc1[N+](=O)[O-]. The van der Waals surface area contributed by atoms with Gasteiger partial charge in [0.25, 0.3) is 5.69 Å². The van der Waals surface area contributed by atoms with Crippen molar-refractivity contribution in [2.75, 3.05) is 18.9 Å². The Morgan fingerprint density at radius 3 is 2.56 bits per heavy atom. The van der Waals surface area contributed by atoms with Gasteiger partial charge in [0.15, 0.2) is 0 Å². The first-order chi connectivity index (χ1) is 12.9. The van der Waals surface area contributed by atoms with Crippen LogP contribution < -0.4 is 5.32 Å². The van der Waals surface area contributed by atoms with Gasteiger partial charge < -0.3 is 5.32 Å². The number of hydrogen-bond donors (Lipinski definition) is 1. The molecule has 138 valence electrons. The molecule has 3 rings (SSSR count). The number of nitro groups is 1. The molecule has 0 radical (unpaired) electrons. The minimum Gasteiger partial charge on any atom is -0.325 e. The van der Waals surface area contributed by atoms with Crippen LogP contribution in [0.15, 0.2) is 60.7 Å². The van der Waals surface area contributed by atoms with E-state index in [1.165, 1.54) is 16.8 Å². The van der Waals surface area contributed by atoms with E-state index < -0.39 is 4.92 Å². The van der Waals surface area contributed by atoms with E-state index in [-0.39, 0.29) is 18.1 Å². The van der Waals surface area contributed by atoms with E-state index in [1.807, 2.05) is 24.1 Å². The van der Waals surface area contributed by atoms with E-state index in [0.29, 0.717) is 17.8 Å². The fourth-order valence-electron chi connectivity index (χ4n) is 3.03. The van der Waals surface area contributed by atoms with E-state index >= 15 is 0 Å². The molecule has 0 fully saturated rings. The van der Waals surface area contributed by atoms with Crippen molar-refractivity contribution < 1.29 is 9.72 Å². The van der Waals surface area contributed by atoms with Crippen LogP contribution in [0.3, 0.4) is 0 Å². The number of fused-ring (bicyclic) bond motifs is 1. The first-order valence-electron chi connectivity index (χ1n) is 8.63. The highest BCUT2D eigenvalue weighted by Crippen LogP contribution is 2.22. The van der Waals surface area contributed by atoms with Gasteiger partial charge in [-0.2, -0.15) is 0 Å². The third-order valence-electron chi connectivity index (χ3n) is 4.37. The van der Waals surface area contributed by atoms with Crippen molar-refractivity contribution in [3.05, 3.63) is 81.9 Å². The van der Waals surface area contributed by atoms with Crippen molar-refractivity contribution in [3.63, 3.8) is 0 Å². The lowest BCUT2D eigenvalue weighted by Crippen LogP contribution is -2.29. The van der Waals surface area contributed by atoms with Crippen LogP contribution in [0.4, 0.5) is 11.4 Å². The van der Waals surface area contributed by atoms with Crippen molar-refractivity contribution in [3.8, 4) is 0 Å². The quantitative estimate of drug-likeness (QED) is 0.528. The predicted molar refractivity (Wildman–Crippen MR) is 107 cm³/mol. The van der Waals surface area contributed by atoms with Crippen molar-refractivity contribution in [1.82, 2.24) is 4.90 Å². The van der Waals surface area contributed by atoms with Crippen molar-refractivity contribution in [2.24, 2.45) is 0 Å². The summed E-state index contributed by atoms with van der Waals surface area (Å²) in [6, 6.07) is 19.1. The predicted octanol–water partition coefficient (Wildman–Crippen LogP) is 4.13. The Balaban J connectivity index is 1.61. The molecule has 1 N–H and O–H groups in total. The zero-order chi connectivity index (χ0) is 19.4. The second-order valence-corrected chi connectivity index (χ2v) is 6.66. The van der Waals surface area contributed by atoms with Crippen LogP contribution in [0.25, 0.3) is 10.8 Å². The lowest BCUT2D eigenvalue weighted by atomic mass is 10.1. The zero-order valence-electron chi connectivity index (χ0n) is 15.3. The molecule has 3 aromatic rings. The van der Waals surface area contributed by atoms with Gasteiger partial charge in [-0.25, -0.2) is 0 Å². The highest BCUT2D eigenvalue weighted by molar-refractivity contribution is 5.92. The van der Waals surface area contributed by atoms with E-state index in [1.54, 1.807) is 19.1 Å². The molecule has 27 heavy (non-hydrogen) atoms. The molecule has 0 heterocycles. The number of carbonyl (C=O) groups is 1. The molecule has 0 saturated carbocycles. The Labute approximate surface area is 157 Å². The first-order valence-corrected chi connectivity index (χ1v) is 8.63. The van der Waals surface area contributed by atoms with Gasteiger partial charge in [-0.3, -0.25) is 19.8 Å². The Hall–Kier alpha value is -3.25. The summed E-state index contributed by atoms with van der Waals surface area (Å²) in [5.41, 5.74) is 2.11. The van der Waals surface area contributed by atoms with Gasteiger partial charge in [-0.15, -0.1) is 0 Å². The summed E-state index contributed by atoms with van der Waals surface area (Å²) in [6.07, 6.45) is 0. The Kier molecular flexibility index (Phi) is 5.47. The molecule has 0 spiro atoms. The smallest absolute Gasteiger partial charge is 0.274 e. The highest BCUT2D eigenvalue weighted by atomic mass is 16.6. The summed E-state index contributed by atoms with van der Waals surface area (Å²) in [5, 5.41) is 16.1. The second kappa shape index (κ2) is 7.97. The van der Waals surface area contributed by atoms with Gasteiger partial charge in [0.2, 0.25) is 5.91 Å². The van der Waals surface area contributed by atoms with E-state index in [0.717, 1.165) is 5.56 Å². The Morgan fingerprint density at radius 2 is 1.81 bits per heavy atom. The van der Waals surface area contributed by atoms with Crippen LogP contribution in [0.5, 0.6) is 0 Å². The summed E-state index contributed by atoms with van der Waals surface area (Å²) in [7, 11) is 1.87. The molecule has 0 aliphatic rings. The number of rotatable bonds is 6. The number of nitrogens with one attached hydrogen (secondary N) is 1. The van der Waals surface area contributed by atoms with Crippen LogP contribution >= 0.6 is 0 Å². The highest BCUT2D eigenvalue weighted by Gasteiger charge is 2.13. The van der Waals surface area contributed by atoms with Gasteiger partial charge in [-0.1, -0.05) is 42.5 Å². The topological polar surface area (TPSA) is 75.5 Å². The van der Waals surface area contributed by atoms with E-state index in [2.05, 4.69) is 35.6 Å². The van der Waals surface area contributed by atoms with Crippen LogP contribution in [0.1, 0.15) is 11.1 Å². The minimum atomic E-state index is -0.448. The number of amides is 1. The fraction of sp³-hybridized carbons (Fsp3) is 0.190. The molecule has 0 aromatic heterocycles. The molecular weight excluding hydrogens is 342 g/mol. The molecule has 3 aromatic carbocycles. The number of likely N-dealkylation sites (N-methyl/N-ethyl adjacent to an activating group) is 1. The lowest BCUT2D eigenvalue weighted by molar-refractivity contribution is -0.385. The van der Waals surface area contributed by atoms with Crippen molar-refractivity contribution in [2.45, 2.75) is 13.5 Å².